The van der Waals surface area contributed by atoms with Crippen molar-refractivity contribution in [2.75, 3.05) is 7.05 Å². The molecule has 1 unspecified atom stereocenters. The van der Waals surface area contributed by atoms with Crippen LogP contribution in [0.5, 0.6) is 0 Å². The van der Waals surface area contributed by atoms with Crippen LogP contribution < -0.4 is 0 Å². The average molecular weight is 305 g/mol. The monoisotopic (exact) mass is 303 g/mol. The van der Waals surface area contributed by atoms with E-state index in [1.54, 1.807) is 19.2 Å². The van der Waals surface area contributed by atoms with Gasteiger partial charge in [0, 0.05) is 7.05 Å². The second kappa shape index (κ2) is 6.29. The maximum Gasteiger partial charge on any atom is 0.207 e. The molecule has 0 saturated heterocycles. The van der Waals surface area contributed by atoms with Crippen LogP contribution in [0.15, 0.2) is 17.1 Å². The van der Waals surface area contributed by atoms with Crippen molar-refractivity contribution in [1.82, 2.24) is 4.90 Å². The minimum absolute atomic E-state index is 0.0654. The molecule has 96 valence electrons. The topological polar surface area (TPSA) is 39.4 Å². The lowest BCUT2D eigenvalue weighted by molar-refractivity contribution is 0.400. The van der Waals surface area contributed by atoms with Crippen molar-refractivity contribution in [2.24, 2.45) is 4.99 Å². The van der Waals surface area contributed by atoms with E-state index in [9.17, 15) is 0 Å². The third-order valence-electron chi connectivity index (χ3n) is 2.82. The summed E-state index contributed by atoms with van der Waals surface area (Å²) in [5.74, 6) is 0.604. The molecule has 1 rings (SSSR count). The third-order valence-corrected chi connectivity index (χ3v) is 4.13. The summed E-state index contributed by atoms with van der Waals surface area (Å²) in [5.41, 5.74) is 0.834. The summed E-state index contributed by atoms with van der Waals surface area (Å²) in [6.07, 6.45) is 1.76. The maximum atomic E-state index is 8.54. The molecule has 1 aromatic carbocycles. The highest BCUT2D eigenvalue weighted by Crippen LogP contribution is 2.36. The number of rotatable bonds is 2. The Morgan fingerprint density at radius 1 is 1.33 bits per heavy atom. The van der Waals surface area contributed by atoms with Gasteiger partial charge in [0.25, 0.3) is 0 Å². The first-order valence-electron chi connectivity index (χ1n) is 5.19. The summed E-state index contributed by atoms with van der Waals surface area (Å²) < 4.78 is 0. The van der Waals surface area contributed by atoms with Crippen LogP contribution in [0, 0.1) is 11.5 Å². The highest BCUT2D eigenvalue weighted by atomic mass is 35.5. The Balaban J connectivity index is 3.13. The van der Waals surface area contributed by atoms with Crippen LogP contribution in [0.3, 0.4) is 0 Å². The van der Waals surface area contributed by atoms with Gasteiger partial charge in [0.15, 0.2) is 0 Å². The molecular weight excluding hydrogens is 293 g/mol. The molecular formula is C12H12Cl3N3. The minimum Gasteiger partial charge on any atom is -0.356 e. The summed E-state index contributed by atoms with van der Waals surface area (Å²) in [6.45, 7) is 3.70. The molecule has 18 heavy (non-hydrogen) atoms. The summed E-state index contributed by atoms with van der Waals surface area (Å²) in [4.78, 5) is 5.53. The summed E-state index contributed by atoms with van der Waals surface area (Å²) in [7, 11) is 1.83. The summed E-state index contributed by atoms with van der Waals surface area (Å²) in [5, 5.41) is 9.73. The summed E-state index contributed by atoms with van der Waals surface area (Å²) in [6, 6.07) is 3.45. The molecule has 0 aliphatic heterocycles. The van der Waals surface area contributed by atoms with Gasteiger partial charge in [0.05, 0.1) is 21.1 Å². The first kappa shape index (κ1) is 15.1. The van der Waals surface area contributed by atoms with Crippen molar-refractivity contribution in [1.29, 1.82) is 5.26 Å². The van der Waals surface area contributed by atoms with Gasteiger partial charge in [0.2, 0.25) is 6.19 Å². The molecule has 0 N–H and O–H groups in total. The van der Waals surface area contributed by atoms with Gasteiger partial charge in [-0.25, -0.2) is 0 Å². The van der Waals surface area contributed by atoms with E-state index in [0.717, 1.165) is 5.56 Å². The fourth-order valence-electron chi connectivity index (χ4n) is 1.50. The van der Waals surface area contributed by atoms with Crippen LogP contribution in [0.25, 0.3) is 0 Å². The zero-order chi connectivity index (χ0) is 13.9. The quantitative estimate of drug-likeness (QED) is 0.348. The average Bonchev–Trinajstić information content (AvgIpc) is 2.35. The Hall–Kier alpha value is -0.950. The first-order valence-corrected chi connectivity index (χ1v) is 6.33. The maximum absolute atomic E-state index is 8.54. The smallest absolute Gasteiger partial charge is 0.207 e. The normalized spacial score (nSPS) is 13.1. The van der Waals surface area contributed by atoms with E-state index in [-0.39, 0.29) is 6.04 Å². The van der Waals surface area contributed by atoms with Crippen molar-refractivity contribution >= 4 is 40.6 Å². The molecule has 0 aliphatic carbocycles. The van der Waals surface area contributed by atoms with Crippen LogP contribution in [0.2, 0.25) is 15.1 Å². The van der Waals surface area contributed by atoms with Crippen molar-refractivity contribution in [3.8, 4) is 6.19 Å². The van der Waals surface area contributed by atoms with E-state index >= 15 is 0 Å². The number of hydrogen-bond donors (Lipinski definition) is 0. The SMILES string of the molecule is CC(=NC#N)N(C)C(C)c1ccc(Cl)c(Cl)c1Cl. The second-order valence-electron chi connectivity index (χ2n) is 3.81. The third kappa shape index (κ3) is 3.08. The van der Waals surface area contributed by atoms with Gasteiger partial charge in [-0.2, -0.15) is 10.3 Å². The lowest BCUT2D eigenvalue weighted by atomic mass is 10.1. The number of amidine groups is 1. The Kier molecular flexibility index (Phi) is 5.28. The predicted octanol–water partition coefficient (Wildman–Crippen LogP) is 4.54. The van der Waals surface area contributed by atoms with E-state index in [0.29, 0.717) is 20.9 Å². The lowest BCUT2D eigenvalue weighted by Gasteiger charge is -2.27. The van der Waals surface area contributed by atoms with E-state index in [1.165, 1.54) is 0 Å². The number of nitrogens with zero attached hydrogens (tertiary/aromatic N) is 3. The Labute approximate surface area is 122 Å². The number of hydrogen-bond acceptors (Lipinski definition) is 2. The van der Waals surface area contributed by atoms with Gasteiger partial charge in [-0.3, -0.25) is 0 Å². The molecule has 3 nitrogen and oxygen atoms in total. The minimum atomic E-state index is -0.0654. The molecule has 0 radical (unpaired) electrons. The number of nitriles is 1. The number of aliphatic imine (C=N–C) groups is 1. The Morgan fingerprint density at radius 3 is 2.50 bits per heavy atom. The number of benzene rings is 1. The fourth-order valence-corrected chi connectivity index (χ4v) is 2.20. The molecule has 0 spiro atoms. The zero-order valence-corrected chi connectivity index (χ0v) is 12.5. The van der Waals surface area contributed by atoms with E-state index in [1.807, 2.05) is 24.9 Å². The standard InChI is InChI=1S/C12H12Cl3N3/c1-7(18(3)8(2)17-6-16)9-4-5-10(13)12(15)11(9)14/h4-5,7H,1-3H3. The van der Waals surface area contributed by atoms with Crippen LogP contribution in [0.4, 0.5) is 0 Å². The van der Waals surface area contributed by atoms with Gasteiger partial charge in [-0.15, -0.1) is 0 Å². The van der Waals surface area contributed by atoms with Crippen molar-refractivity contribution in [3.05, 3.63) is 32.8 Å². The lowest BCUT2D eigenvalue weighted by Crippen LogP contribution is -2.27. The van der Waals surface area contributed by atoms with Gasteiger partial charge in [0.1, 0.15) is 5.84 Å². The first-order chi connectivity index (χ1) is 8.40. The summed E-state index contributed by atoms with van der Waals surface area (Å²) >= 11 is 18.1. The van der Waals surface area contributed by atoms with E-state index in [2.05, 4.69) is 4.99 Å². The largest absolute Gasteiger partial charge is 0.356 e. The highest BCUT2D eigenvalue weighted by molar-refractivity contribution is 6.48. The van der Waals surface area contributed by atoms with Crippen molar-refractivity contribution in [3.63, 3.8) is 0 Å². The van der Waals surface area contributed by atoms with E-state index in [4.69, 9.17) is 40.1 Å². The second-order valence-corrected chi connectivity index (χ2v) is 4.97. The molecule has 0 saturated carbocycles. The van der Waals surface area contributed by atoms with Crippen LogP contribution >= 0.6 is 34.8 Å². The van der Waals surface area contributed by atoms with Crippen LogP contribution in [-0.2, 0) is 0 Å². The molecule has 0 amide bonds. The Morgan fingerprint density at radius 2 is 1.94 bits per heavy atom. The van der Waals surface area contributed by atoms with Gasteiger partial charge >= 0.3 is 0 Å². The molecule has 0 aromatic heterocycles. The molecule has 0 aliphatic rings. The fraction of sp³-hybridized carbons (Fsp3) is 0.333. The van der Waals surface area contributed by atoms with Gasteiger partial charge < -0.3 is 4.90 Å². The zero-order valence-electron chi connectivity index (χ0n) is 10.2. The molecule has 0 fully saturated rings. The molecule has 1 aromatic rings. The number of halogens is 3. The van der Waals surface area contributed by atoms with Gasteiger partial charge in [-0.05, 0) is 25.5 Å². The molecule has 0 bridgehead atoms. The van der Waals surface area contributed by atoms with E-state index < -0.39 is 0 Å². The predicted molar refractivity (Wildman–Crippen MR) is 76.4 cm³/mol. The molecule has 1 atom stereocenters. The molecule has 0 heterocycles. The highest BCUT2D eigenvalue weighted by Gasteiger charge is 2.18. The van der Waals surface area contributed by atoms with Crippen molar-refractivity contribution in [2.45, 2.75) is 19.9 Å². The Bertz CT molecular complexity index is 520. The van der Waals surface area contributed by atoms with Gasteiger partial charge in [-0.1, -0.05) is 40.9 Å². The van der Waals surface area contributed by atoms with Crippen LogP contribution in [0.1, 0.15) is 25.5 Å². The van der Waals surface area contributed by atoms with Crippen LogP contribution in [-0.4, -0.2) is 17.8 Å². The van der Waals surface area contributed by atoms with Crippen molar-refractivity contribution < 1.29 is 0 Å². The molecule has 6 heteroatoms.